The third-order valence-electron chi connectivity index (χ3n) is 3.78. The number of benzene rings is 1. The molecule has 6 heteroatoms. The zero-order chi connectivity index (χ0) is 16.2. The van der Waals surface area contributed by atoms with E-state index in [4.69, 9.17) is 0 Å². The molecule has 0 atom stereocenters. The van der Waals surface area contributed by atoms with Gasteiger partial charge in [0.2, 0.25) is 10.0 Å². The SMILES string of the molecule is CCC(CC)N(C)S(=O)(=O)c1cc(CNC)cc(C)c1Br. The predicted octanol–water partition coefficient (Wildman–Crippen LogP) is 3.29. The molecule has 0 amide bonds. The highest BCUT2D eigenvalue weighted by molar-refractivity contribution is 9.10. The highest BCUT2D eigenvalue weighted by atomic mass is 79.9. The number of hydrogen-bond acceptors (Lipinski definition) is 3. The fraction of sp³-hybridized carbons (Fsp3) is 0.600. The molecule has 0 aliphatic rings. The van der Waals surface area contributed by atoms with Gasteiger partial charge in [-0.1, -0.05) is 19.9 Å². The highest BCUT2D eigenvalue weighted by Gasteiger charge is 2.28. The molecule has 1 aromatic rings. The molecular weight excluding hydrogens is 352 g/mol. The van der Waals surface area contributed by atoms with Crippen molar-refractivity contribution in [2.24, 2.45) is 0 Å². The van der Waals surface area contributed by atoms with Crippen LogP contribution in [0.5, 0.6) is 0 Å². The number of rotatable bonds is 7. The molecule has 4 nitrogen and oxygen atoms in total. The van der Waals surface area contributed by atoms with Gasteiger partial charge in [-0.2, -0.15) is 4.31 Å². The van der Waals surface area contributed by atoms with E-state index in [1.54, 1.807) is 13.1 Å². The monoisotopic (exact) mass is 376 g/mol. The van der Waals surface area contributed by atoms with Gasteiger partial charge in [-0.25, -0.2) is 8.42 Å². The van der Waals surface area contributed by atoms with E-state index < -0.39 is 10.0 Å². The van der Waals surface area contributed by atoms with E-state index in [0.717, 1.165) is 24.0 Å². The van der Waals surface area contributed by atoms with Crippen molar-refractivity contribution in [2.75, 3.05) is 14.1 Å². The molecular formula is C15H25BrN2O2S. The lowest BCUT2D eigenvalue weighted by molar-refractivity contribution is 0.349. The van der Waals surface area contributed by atoms with Crippen molar-refractivity contribution in [3.63, 3.8) is 0 Å². The average molecular weight is 377 g/mol. The summed E-state index contributed by atoms with van der Waals surface area (Å²) in [5, 5.41) is 3.06. The topological polar surface area (TPSA) is 49.4 Å². The standard InChI is InChI=1S/C15H25BrN2O2S/c1-6-13(7-2)18(5)21(19,20)14-9-12(10-17-4)8-11(3)15(14)16/h8-9,13,17H,6-7,10H2,1-5H3. The van der Waals surface area contributed by atoms with E-state index in [1.807, 2.05) is 33.9 Å². The number of sulfonamides is 1. The van der Waals surface area contributed by atoms with E-state index in [-0.39, 0.29) is 6.04 Å². The Labute approximate surface area is 137 Å². The molecule has 1 aromatic carbocycles. The van der Waals surface area contributed by atoms with Crippen molar-refractivity contribution >= 4 is 26.0 Å². The van der Waals surface area contributed by atoms with Gasteiger partial charge in [0.15, 0.2) is 0 Å². The molecule has 0 fully saturated rings. The Balaban J connectivity index is 3.36. The molecule has 1 N–H and O–H groups in total. The molecule has 0 aliphatic carbocycles. The summed E-state index contributed by atoms with van der Waals surface area (Å²) >= 11 is 3.44. The largest absolute Gasteiger partial charge is 0.316 e. The van der Waals surface area contributed by atoms with Gasteiger partial charge in [0.25, 0.3) is 0 Å². The summed E-state index contributed by atoms with van der Waals surface area (Å²) in [6, 6.07) is 3.77. The van der Waals surface area contributed by atoms with Gasteiger partial charge in [0, 0.05) is 24.1 Å². The first kappa shape index (κ1) is 18.6. The van der Waals surface area contributed by atoms with E-state index >= 15 is 0 Å². The van der Waals surface area contributed by atoms with Crippen molar-refractivity contribution < 1.29 is 8.42 Å². The Morgan fingerprint density at radius 2 is 1.86 bits per heavy atom. The van der Waals surface area contributed by atoms with Gasteiger partial charge in [-0.3, -0.25) is 0 Å². The normalized spacial score (nSPS) is 12.4. The van der Waals surface area contributed by atoms with Crippen molar-refractivity contribution in [3.05, 3.63) is 27.7 Å². The van der Waals surface area contributed by atoms with Crippen LogP contribution in [0, 0.1) is 6.92 Å². The van der Waals surface area contributed by atoms with Crippen LogP contribution in [-0.4, -0.2) is 32.9 Å². The molecule has 21 heavy (non-hydrogen) atoms. The Hall–Kier alpha value is -0.430. The molecule has 0 aromatic heterocycles. The first-order valence-corrected chi connectivity index (χ1v) is 9.44. The zero-order valence-electron chi connectivity index (χ0n) is 13.4. The summed E-state index contributed by atoms with van der Waals surface area (Å²) in [6.45, 7) is 6.58. The van der Waals surface area contributed by atoms with E-state index in [1.165, 1.54) is 4.31 Å². The highest BCUT2D eigenvalue weighted by Crippen LogP contribution is 2.30. The Kier molecular flexibility index (Phi) is 6.84. The summed E-state index contributed by atoms with van der Waals surface area (Å²) in [7, 11) is 0.0176. The second-order valence-electron chi connectivity index (χ2n) is 5.25. The van der Waals surface area contributed by atoms with Crippen LogP contribution < -0.4 is 5.32 Å². The molecule has 1 rings (SSSR count). The molecule has 0 bridgehead atoms. The lowest BCUT2D eigenvalue weighted by Crippen LogP contribution is -2.36. The minimum atomic E-state index is -3.50. The summed E-state index contributed by atoms with van der Waals surface area (Å²) < 4.78 is 27.9. The number of halogens is 1. The van der Waals surface area contributed by atoms with E-state index in [2.05, 4.69) is 21.2 Å². The van der Waals surface area contributed by atoms with Gasteiger partial charge >= 0.3 is 0 Å². The van der Waals surface area contributed by atoms with Gasteiger partial charge < -0.3 is 5.32 Å². The van der Waals surface area contributed by atoms with Crippen LogP contribution in [0.15, 0.2) is 21.5 Å². The molecule has 0 saturated heterocycles. The maximum atomic E-state index is 12.9. The number of aryl methyl sites for hydroxylation is 1. The predicted molar refractivity (Wildman–Crippen MR) is 91.0 cm³/mol. The minimum absolute atomic E-state index is 0.0233. The average Bonchev–Trinajstić information content (AvgIpc) is 2.43. The zero-order valence-corrected chi connectivity index (χ0v) is 15.8. The van der Waals surface area contributed by atoms with Gasteiger partial charge in [-0.05, 0) is 59.9 Å². The lowest BCUT2D eigenvalue weighted by atomic mass is 10.1. The lowest BCUT2D eigenvalue weighted by Gasteiger charge is -2.26. The molecule has 0 spiro atoms. The fourth-order valence-electron chi connectivity index (χ4n) is 2.46. The summed E-state index contributed by atoms with van der Waals surface area (Å²) in [6.07, 6.45) is 1.61. The van der Waals surface area contributed by atoms with Gasteiger partial charge in [-0.15, -0.1) is 0 Å². The number of hydrogen-bond donors (Lipinski definition) is 1. The maximum Gasteiger partial charge on any atom is 0.244 e. The van der Waals surface area contributed by atoms with E-state index in [9.17, 15) is 8.42 Å². The van der Waals surface area contributed by atoms with Crippen molar-refractivity contribution in [2.45, 2.75) is 51.1 Å². The van der Waals surface area contributed by atoms with Crippen LogP contribution in [-0.2, 0) is 16.6 Å². The third-order valence-corrected chi connectivity index (χ3v) is 7.02. The van der Waals surface area contributed by atoms with Gasteiger partial charge in [0.1, 0.15) is 0 Å². The maximum absolute atomic E-state index is 12.9. The summed E-state index contributed by atoms with van der Waals surface area (Å²) in [5.74, 6) is 0. The molecule has 0 aliphatic heterocycles. The minimum Gasteiger partial charge on any atom is -0.316 e. The number of nitrogens with zero attached hydrogens (tertiary/aromatic N) is 1. The van der Waals surface area contributed by atoms with Crippen molar-refractivity contribution in [1.29, 1.82) is 0 Å². The van der Waals surface area contributed by atoms with Crippen molar-refractivity contribution in [3.8, 4) is 0 Å². The molecule has 0 saturated carbocycles. The van der Waals surface area contributed by atoms with Crippen LogP contribution in [0.2, 0.25) is 0 Å². The second-order valence-corrected chi connectivity index (χ2v) is 8.01. The molecule has 120 valence electrons. The Bertz CT molecular complexity index is 584. The smallest absolute Gasteiger partial charge is 0.244 e. The van der Waals surface area contributed by atoms with Crippen LogP contribution >= 0.6 is 15.9 Å². The third kappa shape index (κ3) is 4.06. The molecule has 0 radical (unpaired) electrons. The molecule has 0 unspecified atom stereocenters. The fourth-order valence-corrected chi connectivity index (χ4v) is 4.99. The Morgan fingerprint density at radius 1 is 1.29 bits per heavy atom. The summed E-state index contributed by atoms with van der Waals surface area (Å²) in [4.78, 5) is 0.349. The molecule has 0 heterocycles. The Morgan fingerprint density at radius 3 is 2.33 bits per heavy atom. The number of nitrogens with one attached hydrogen (secondary N) is 1. The van der Waals surface area contributed by atoms with E-state index in [0.29, 0.717) is 15.9 Å². The van der Waals surface area contributed by atoms with Crippen LogP contribution in [0.25, 0.3) is 0 Å². The first-order valence-electron chi connectivity index (χ1n) is 7.21. The second kappa shape index (κ2) is 7.72. The first-order chi connectivity index (χ1) is 9.79. The van der Waals surface area contributed by atoms with Gasteiger partial charge in [0.05, 0.1) is 4.90 Å². The van der Waals surface area contributed by atoms with Crippen molar-refractivity contribution in [1.82, 2.24) is 9.62 Å². The van der Waals surface area contributed by atoms with Crippen LogP contribution in [0.1, 0.15) is 37.8 Å². The van der Waals surface area contributed by atoms with Crippen LogP contribution in [0.3, 0.4) is 0 Å². The summed E-state index contributed by atoms with van der Waals surface area (Å²) in [5.41, 5.74) is 1.90. The van der Waals surface area contributed by atoms with Crippen LogP contribution in [0.4, 0.5) is 0 Å². The quantitative estimate of drug-likeness (QED) is 0.793.